The van der Waals surface area contributed by atoms with Gasteiger partial charge in [0.05, 0.1) is 18.8 Å². The number of ketones is 1. The van der Waals surface area contributed by atoms with E-state index in [-0.39, 0.29) is 18.9 Å². The van der Waals surface area contributed by atoms with Gasteiger partial charge in [-0.2, -0.15) is 0 Å². The van der Waals surface area contributed by atoms with Crippen molar-refractivity contribution in [3.8, 4) is 0 Å². The molecule has 0 saturated heterocycles. The third-order valence-corrected chi connectivity index (χ3v) is 3.05. The molecule has 0 bridgehead atoms. The smallest absolute Gasteiger partial charge is 0.319 e. The molecule has 5 nitrogen and oxygen atoms in total. The Morgan fingerprint density at radius 1 is 1.35 bits per heavy atom. The first-order valence-electron chi connectivity index (χ1n) is 6.67. The highest BCUT2D eigenvalue weighted by Crippen LogP contribution is 2.19. The molecule has 5 heteroatoms. The Balaban J connectivity index is 2.59. The molecule has 0 saturated carbocycles. The number of hydrogen-bond donors (Lipinski definition) is 0. The van der Waals surface area contributed by atoms with E-state index in [1.54, 1.807) is 27.0 Å². The first kappa shape index (κ1) is 16.3. The molecule has 1 aromatic heterocycles. The number of carbonyl (C=O) groups is 2. The largest absolute Gasteiger partial charge is 0.465 e. The maximum atomic E-state index is 12.2. The minimum atomic E-state index is -1.12. The fourth-order valence-corrected chi connectivity index (χ4v) is 1.69. The highest BCUT2D eigenvalue weighted by atomic mass is 16.5. The molecular formula is C15H22N2O3. The number of carbonyl (C=O) groups excluding carboxylic acids is 2. The first-order chi connectivity index (χ1) is 9.37. The van der Waals surface area contributed by atoms with Gasteiger partial charge in [0.15, 0.2) is 5.78 Å². The molecule has 0 unspecified atom stereocenters. The summed E-state index contributed by atoms with van der Waals surface area (Å²) in [6.45, 7) is 5.95. The lowest BCUT2D eigenvalue weighted by Crippen LogP contribution is -2.41. The van der Waals surface area contributed by atoms with Gasteiger partial charge < -0.3 is 4.74 Å². The Morgan fingerprint density at radius 3 is 2.60 bits per heavy atom. The van der Waals surface area contributed by atoms with Crippen molar-refractivity contribution < 1.29 is 14.3 Å². The van der Waals surface area contributed by atoms with E-state index in [0.29, 0.717) is 6.54 Å². The van der Waals surface area contributed by atoms with Gasteiger partial charge in [-0.15, -0.1) is 0 Å². The van der Waals surface area contributed by atoms with Gasteiger partial charge in [0.1, 0.15) is 5.41 Å². The number of pyridine rings is 1. The van der Waals surface area contributed by atoms with Crippen molar-refractivity contribution in [3.05, 3.63) is 30.1 Å². The zero-order valence-electron chi connectivity index (χ0n) is 12.5. The number of rotatable bonds is 7. The molecule has 0 fully saturated rings. The number of ether oxygens (including phenoxy) is 1. The fourth-order valence-electron chi connectivity index (χ4n) is 1.69. The van der Waals surface area contributed by atoms with Crippen molar-refractivity contribution in [3.63, 3.8) is 0 Å². The van der Waals surface area contributed by atoms with Crippen molar-refractivity contribution in [1.82, 2.24) is 9.88 Å². The summed E-state index contributed by atoms with van der Waals surface area (Å²) in [4.78, 5) is 30.0. The van der Waals surface area contributed by atoms with E-state index in [9.17, 15) is 9.59 Å². The number of Topliss-reactive ketones (excluding diaryl/α,β-unsaturated/α-hetero) is 1. The van der Waals surface area contributed by atoms with Gasteiger partial charge in [0, 0.05) is 12.7 Å². The molecule has 20 heavy (non-hydrogen) atoms. The van der Waals surface area contributed by atoms with Gasteiger partial charge in [-0.3, -0.25) is 19.5 Å². The lowest BCUT2D eigenvalue weighted by molar-refractivity contribution is -0.158. The second kappa shape index (κ2) is 7.14. The molecule has 0 aliphatic rings. The predicted molar refractivity (Wildman–Crippen MR) is 76.0 cm³/mol. The zero-order valence-corrected chi connectivity index (χ0v) is 12.5. The maximum Gasteiger partial charge on any atom is 0.319 e. The molecule has 0 aliphatic heterocycles. The van der Waals surface area contributed by atoms with Crippen LogP contribution in [0.2, 0.25) is 0 Å². The molecule has 0 aliphatic carbocycles. The monoisotopic (exact) mass is 278 g/mol. The summed E-state index contributed by atoms with van der Waals surface area (Å²) in [6, 6.07) is 5.65. The average molecular weight is 278 g/mol. The number of likely N-dealkylation sites (N-methyl/N-ethyl adjacent to an activating group) is 1. The third-order valence-electron chi connectivity index (χ3n) is 3.05. The minimum Gasteiger partial charge on any atom is -0.465 e. The van der Waals surface area contributed by atoms with Crippen LogP contribution in [0.15, 0.2) is 24.4 Å². The second-order valence-corrected chi connectivity index (χ2v) is 5.26. The Morgan fingerprint density at radius 2 is 2.05 bits per heavy atom. The summed E-state index contributed by atoms with van der Waals surface area (Å²) in [5.74, 6) is -0.634. The molecule has 110 valence electrons. The predicted octanol–water partition coefficient (Wildman–Crippen LogP) is 1.67. The standard InChI is InChI=1S/C15H22N2O3/c1-5-20-14(19)15(2,3)13(18)11-17(4)10-12-8-6-7-9-16-12/h6-9H,5,10-11H2,1-4H3. The third kappa shape index (κ3) is 4.42. The normalized spacial score (nSPS) is 11.4. The van der Waals surface area contributed by atoms with Crippen LogP contribution in [-0.4, -0.2) is 41.8 Å². The molecule has 0 N–H and O–H groups in total. The Hall–Kier alpha value is -1.75. The summed E-state index contributed by atoms with van der Waals surface area (Å²) in [5.41, 5.74) is -0.231. The lowest BCUT2D eigenvalue weighted by Gasteiger charge is -2.24. The minimum absolute atomic E-state index is 0.158. The number of nitrogens with zero attached hydrogens (tertiary/aromatic N) is 2. The van der Waals surface area contributed by atoms with Crippen molar-refractivity contribution in [1.29, 1.82) is 0 Å². The maximum absolute atomic E-state index is 12.2. The van der Waals surface area contributed by atoms with Crippen LogP contribution in [-0.2, 0) is 20.9 Å². The van der Waals surface area contributed by atoms with Gasteiger partial charge in [-0.25, -0.2) is 0 Å². The van der Waals surface area contributed by atoms with E-state index < -0.39 is 11.4 Å². The molecule has 0 aromatic carbocycles. The van der Waals surface area contributed by atoms with Gasteiger partial charge in [-0.1, -0.05) is 6.07 Å². The SMILES string of the molecule is CCOC(=O)C(C)(C)C(=O)CN(C)Cc1ccccn1. The first-order valence-corrected chi connectivity index (χ1v) is 6.67. The molecule has 0 spiro atoms. The number of aromatic nitrogens is 1. The second-order valence-electron chi connectivity index (χ2n) is 5.26. The van der Waals surface area contributed by atoms with Crippen LogP contribution in [0.4, 0.5) is 0 Å². The Kier molecular flexibility index (Phi) is 5.82. The van der Waals surface area contributed by atoms with E-state index in [0.717, 1.165) is 5.69 Å². The van der Waals surface area contributed by atoms with E-state index in [1.807, 2.05) is 30.1 Å². The van der Waals surface area contributed by atoms with Gasteiger partial charge in [0.2, 0.25) is 0 Å². The van der Waals surface area contributed by atoms with E-state index in [1.165, 1.54) is 0 Å². The lowest BCUT2D eigenvalue weighted by atomic mass is 9.88. The van der Waals surface area contributed by atoms with Crippen LogP contribution < -0.4 is 0 Å². The molecule has 0 atom stereocenters. The topological polar surface area (TPSA) is 59.5 Å². The molecule has 0 amide bonds. The molecule has 1 heterocycles. The molecule has 1 rings (SSSR count). The van der Waals surface area contributed by atoms with Crippen LogP contribution in [0.25, 0.3) is 0 Å². The summed E-state index contributed by atoms with van der Waals surface area (Å²) in [6.07, 6.45) is 1.72. The molecule has 0 radical (unpaired) electrons. The highest BCUT2D eigenvalue weighted by molar-refractivity contribution is 6.03. The van der Waals surface area contributed by atoms with Gasteiger partial charge >= 0.3 is 5.97 Å². The highest BCUT2D eigenvalue weighted by Gasteiger charge is 2.37. The van der Waals surface area contributed by atoms with E-state index in [4.69, 9.17) is 4.74 Å². The van der Waals surface area contributed by atoms with Crippen molar-refractivity contribution in [2.24, 2.45) is 5.41 Å². The van der Waals surface area contributed by atoms with E-state index in [2.05, 4.69) is 4.98 Å². The van der Waals surface area contributed by atoms with Gasteiger partial charge in [0.25, 0.3) is 0 Å². The van der Waals surface area contributed by atoms with Crippen LogP contribution in [0.3, 0.4) is 0 Å². The summed E-state index contributed by atoms with van der Waals surface area (Å²) < 4.78 is 4.94. The van der Waals surface area contributed by atoms with Crippen LogP contribution in [0.5, 0.6) is 0 Å². The van der Waals surface area contributed by atoms with Crippen molar-refractivity contribution in [2.45, 2.75) is 27.3 Å². The summed E-state index contributed by atoms with van der Waals surface area (Å²) >= 11 is 0. The molecule has 1 aromatic rings. The van der Waals surface area contributed by atoms with Crippen molar-refractivity contribution >= 4 is 11.8 Å². The zero-order chi connectivity index (χ0) is 15.2. The fraction of sp³-hybridized carbons (Fsp3) is 0.533. The quantitative estimate of drug-likeness (QED) is 0.561. The van der Waals surface area contributed by atoms with E-state index >= 15 is 0 Å². The summed E-state index contributed by atoms with van der Waals surface area (Å²) in [5, 5.41) is 0. The van der Waals surface area contributed by atoms with Crippen LogP contribution in [0.1, 0.15) is 26.5 Å². The average Bonchev–Trinajstić information content (AvgIpc) is 2.39. The summed E-state index contributed by atoms with van der Waals surface area (Å²) in [7, 11) is 1.83. The number of hydrogen-bond acceptors (Lipinski definition) is 5. The Bertz CT molecular complexity index is 457. The van der Waals surface area contributed by atoms with Crippen LogP contribution >= 0.6 is 0 Å². The Labute approximate surface area is 119 Å². The van der Waals surface area contributed by atoms with Crippen molar-refractivity contribution in [2.75, 3.05) is 20.2 Å². The molecular weight excluding hydrogens is 256 g/mol. The van der Waals surface area contributed by atoms with Crippen LogP contribution in [0, 0.1) is 5.41 Å². The van der Waals surface area contributed by atoms with Gasteiger partial charge in [-0.05, 0) is 40.0 Å². The number of esters is 1.